The summed E-state index contributed by atoms with van der Waals surface area (Å²) < 4.78 is 35.1. The number of ether oxygens (including phenoxy) is 1. The molecule has 2 aliphatic heterocycles. The third-order valence-electron chi connectivity index (χ3n) is 5.15. The first-order chi connectivity index (χ1) is 11.3. The molecule has 1 atom stereocenters. The fourth-order valence-corrected chi connectivity index (χ4v) is 5.85. The molecule has 0 N–H and O–H groups in total. The quantitative estimate of drug-likeness (QED) is 0.731. The maximum absolute atomic E-state index is 11.9. The molecule has 1 fully saturated rings. The van der Waals surface area contributed by atoms with Gasteiger partial charge in [-0.3, -0.25) is 4.90 Å². The van der Waals surface area contributed by atoms with Crippen LogP contribution in [0.15, 0.2) is 27.4 Å². The Hall–Kier alpha value is -1.86. The van der Waals surface area contributed by atoms with E-state index in [0.717, 1.165) is 16.5 Å². The highest BCUT2D eigenvalue weighted by molar-refractivity contribution is 7.91. The molecule has 0 spiro atoms. The van der Waals surface area contributed by atoms with Crippen molar-refractivity contribution in [1.82, 2.24) is 4.90 Å². The van der Waals surface area contributed by atoms with Gasteiger partial charge in [-0.25, -0.2) is 13.2 Å². The van der Waals surface area contributed by atoms with Crippen molar-refractivity contribution >= 4 is 20.8 Å². The minimum atomic E-state index is -3.01. The van der Waals surface area contributed by atoms with Crippen LogP contribution in [-0.2, 0) is 16.4 Å². The molecule has 4 rings (SSSR count). The first-order valence-corrected chi connectivity index (χ1v) is 9.74. The maximum atomic E-state index is 11.9. The Morgan fingerprint density at radius 2 is 2.08 bits per heavy atom. The lowest BCUT2D eigenvalue weighted by atomic mass is 9.97. The van der Waals surface area contributed by atoms with Crippen molar-refractivity contribution in [3.63, 3.8) is 0 Å². The van der Waals surface area contributed by atoms with Crippen molar-refractivity contribution in [1.29, 1.82) is 0 Å². The average molecular weight is 349 g/mol. The number of aryl methyl sites for hydroxylation is 1. The molecule has 0 unspecified atom stereocenters. The molecule has 6 nitrogen and oxygen atoms in total. The lowest BCUT2D eigenvalue weighted by Gasteiger charge is -2.40. The smallest absolute Gasteiger partial charge is 0.336 e. The molecule has 1 aromatic heterocycles. The molecule has 1 saturated heterocycles. The second-order valence-electron chi connectivity index (χ2n) is 6.98. The molecule has 0 radical (unpaired) electrons. The molecular weight excluding hydrogens is 330 g/mol. The average Bonchev–Trinajstić information content (AvgIpc) is 2.81. The molecule has 0 bridgehead atoms. The molecule has 0 aliphatic carbocycles. The van der Waals surface area contributed by atoms with E-state index in [1.165, 1.54) is 6.07 Å². The van der Waals surface area contributed by atoms with E-state index in [4.69, 9.17) is 9.15 Å². The summed E-state index contributed by atoms with van der Waals surface area (Å²) in [7, 11) is -3.01. The zero-order chi connectivity index (χ0) is 17.1. The Morgan fingerprint density at radius 1 is 1.29 bits per heavy atom. The summed E-state index contributed by atoms with van der Waals surface area (Å²) in [5.74, 6) is 1.03. The third-order valence-corrected chi connectivity index (χ3v) is 7.04. The standard InChI is InChI=1S/C17H19NO5S/c1-11-7-15(19)23-16-12(11)3-4-14-13(16)8-18(10-22-14)17(2)5-6-24(20,21)9-17/h3-4,7H,5-6,8-10H2,1-2H3/t17-/m0/s1. The van der Waals surface area contributed by atoms with Crippen LogP contribution in [0.1, 0.15) is 24.5 Å². The monoisotopic (exact) mass is 349 g/mol. The minimum absolute atomic E-state index is 0.131. The van der Waals surface area contributed by atoms with Crippen molar-refractivity contribution in [2.75, 3.05) is 18.2 Å². The van der Waals surface area contributed by atoms with Crippen LogP contribution in [0, 0.1) is 6.92 Å². The van der Waals surface area contributed by atoms with Gasteiger partial charge in [0.25, 0.3) is 0 Å². The largest absolute Gasteiger partial charge is 0.478 e. The summed E-state index contributed by atoms with van der Waals surface area (Å²) in [6, 6.07) is 5.25. The van der Waals surface area contributed by atoms with E-state index < -0.39 is 15.4 Å². The Labute approximate surface area is 139 Å². The van der Waals surface area contributed by atoms with E-state index in [1.54, 1.807) is 0 Å². The molecule has 1 aromatic carbocycles. The summed E-state index contributed by atoms with van der Waals surface area (Å²) in [6.07, 6.45) is 0.585. The number of hydrogen-bond donors (Lipinski definition) is 0. The fourth-order valence-electron chi connectivity index (χ4n) is 3.68. The predicted octanol–water partition coefficient (Wildman–Crippen LogP) is 1.83. The van der Waals surface area contributed by atoms with E-state index in [0.29, 0.717) is 31.0 Å². The summed E-state index contributed by atoms with van der Waals surface area (Å²) in [5, 5.41) is 0.878. The SMILES string of the molecule is Cc1cc(=O)oc2c3c(ccc12)OCN([C@@]1(C)CCS(=O)(=O)C1)C3. The van der Waals surface area contributed by atoms with Crippen LogP contribution in [0.25, 0.3) is 11.0 Å². The maximum Gasteiger partial charge on any atom is 0.336 e. The predicted molar refractivity (Wildman–Crippen MR) is 89.9 cm³/mol. The number of fused-ring (bicyclic) bond motifs is 3. The van der Waals surface area contributed by atoms with Crippen LogP contribution >= 0.6 is 0 Å². The van der Waals surface area contributed by atoms with Gasteiger partial charge in [0.2, 0.25) is 0 Å². The highest BCUT2D eigenvalue weighted by atomic mass is 32.2. The van der Waals surface area contributed by atoms with E-state index in [9.17, 15) is 13.2 Å². The van der Waals surface area contributed by atoms with Gasteiger partial charge in [-0.2, -0.15) is 0 Å². The van der Waals surface area contributed by atoms with Gasteiger partial charge >= 0.3 is 5.63 Å². The first-order valence-electron chi connectivity index (χ1n) is 7.92. The molecule has 24 heavy (non-hydrogen) atoms. The third kappa shape index (κ3) is 2.43. The summed E-state index contributed by atoms with van der Waals surface area (Å²) in [6.45, 7) is 4.67. The van der Waals surface area contributed by atoms with Crippen molar-refractivity contribution in [2.24, 2.45) is 0 Å². The van der Waals surface area contributed by atoms with Crippen molar-refractivity contribution < 1.29 is 17.6 Å². The topological polar surface area (TPSA) is 76.8 Å². The molecule has 2 aromatic rings. The minimum Gasteiger partial charge on any atom is -0.478 e. The lowest BCUT2D eigenvalue weighted by Crippen LogP contribution is -2.50. The molecule has 3 heterocycles. The number of rotatable bonds is 1. The Bertz CT molecular complexity index is 994. The van der Waals surface area contributed by atoms with Crippen LogP contribution < -0.4 is 10.4 Å². The van der Waals surface area contributed by atoms with Crippen LogP contribution in [0.5, 0.6) is 5.75 Å². The van der Waals surface area contributed by atoms with Gasteiger partial charge in [0, 0.05) is 23.5 Å². The van der Waals surface area contributed by atoms with Crippen LogP contribution in [0.3, 0.4) is 0 Å². The molecule has 7 heteroatoms. The molecule has 0 saturated carbocycles. The number of sulfone groups is 1. The normalized spacial score (nSPS) is 26.2. The van der Waals surface area contributed by atoms with Crippen LogP contribution in [-0.4, -0.2) is 37.1 Å². The van der Waals surface area contributed by atoms with Crippen LogP contribution in [0.2, 0.25) is 0 Å². The zero-order valence-electron chi connectivity index (χ0n) is 13.7. The van der Waals surface area contributed by atoms with Gasteiger partial charge < -0.3 is 9.15 Å². The Balaban J connectivity index is 1.80. The van der Waals surface area contributed by atoms with Gasteiger partial charge in [0.15, 0.2) is 9.84 Å². The molecule has 128 valence electrons. The Morgan fingerprint density at radius 3 is 2.79 bits per heavy atom. The van der Waals surface area contributed by atoms with Gasteiger partial charge in [-0.05, 0) is 38.0 Å². The first kappa shape index (κ1) is 15.7. The highest BCUT2D eigenvalue weighted by Gasteiger charge is 2.44. The van der Waals surface area contributed by atoms with E-state index in [-0.39, 0.29) is 17.1 Å². The molecular formula is C17H19NO5S. The summed E-state index contributed by atoms with van der Waals surface area (Å²) in [5.41, 5.74) is 1.36. The van der Waals surface area contributed by atoms with Gasteiger partial charge in [0.05, 0.1) is 17.1 Å². The zero-order valence-corrected chi connectivity index (χ0v) is 14.5. The van der Waals surface area contributed by atoms with Crippen molar-refractivity contribution in [2.45, 2.75) is 32.4 Å². The van der Waals surface area contributed by atoms with Gasteiger partial charge in [-0.15, -0.1) is 0 Å². The van der Waals surface area contributed by atoms with Crippen molar-refractivity contribution in [3.05, 3.63) is 39.7 Å². The number of hydrogen-bond acceptors (Lipinski definition) is 6. The van der Waals surface area contributed by atoms with E-state index in [2.05, 4.69) is 0 Å². The van der Waals surface area contributed by atoms with E-state index in [1.807, 2.05) is 30.9 Å². The van der Waals surface area contributed by atoms with Gasteiger partial charge in [-0.1, -0.05) is 0 Å². The van der Waals surface area contributed by atoms with E-state index >= 15 is 0 Å². The molecule has 2 aliphatic rings. The van der Waals surface area contributed by atoms with Crippen LogP contribution in [0.4, 0.5) is 0 Å². The van der Waals surface area contributed by atoms with Crippen molar-refractivity contribution in [3.8, 4) is 5.75 Å². The lowest BCUT2D eigenvalue weighted by molar-refractivity contribution is 0.0163. The second-order valence-corrected chi connectivity index (χ2v) is 9.16. The number of benzene rings is 1. The second kappa shape index (κ2) is 5.07. The number of nitrogens with zero attached hydrogens (tertiary/aromatic N) is 1. The highest BCUT2D eigenvalue weighted by Crippen LogP contribution is 2.38. The Kier molecular flexibility index (Phi) is 3.30. The molecule has 0 amide bonds. The summed E-state index contributed by atoms with van der Waals surface area (Å²) in [4.78, 5) is 13.8. The fraction of sp³-hybridized carbons (Fsp3) is 0.471. The summed E-state index contributed by atoms with van der Waals surface area (Å²) >= 11 is 0. The van der Waals surface area contributed by atoms with Gasteiger partial charge in [0.1, 0.15) is 18.1 Å².